The zero-order chi connectivity index (χ0) is 14.7. The first-order valence-electron chi connectivity index (χ1n) is 6.09. The van der Waals surface area contributed by atoms with Crippen molar-refractivity contribution >= 4 is 23.2 Å². The minimum Gasteiger partial charge on any atom is -0.393 e. The predicted octanol–water partition coefficient (Wildman–Crippen LogP) is 0.139. The van der Waals surface area contributed by atoms with E-state index in [1.54, 1.807) is 0 Å². The van der Waals surface area contributed by atoms with Crippen molar-refractivity contribution in [2.24, 2.45) is 0 Å². The van der Waals surface area contributed by atoms with Gasteiger partial charge in [0.15, 0.2) is 0 Å². The fraction of sp³-hybridized carbons (Fsp3) is 0.333. The lowest BCUT2D eigenvalue weighted by Crippen LogP contribution is -2.37. The minimum atomic E-state index is -0.638. The molecular formula is C12H14N4O4. The third kappa shape index (κ3) is 2.68. The van der Waals surface area contributed by atoms with Crippen molar-refractivity contribution < 1.29 is 14.5 Å². The van der Waals surface area contributed by atoms with Gasteiger partial charge in [-0.25, -0.2) is 0 Å². The zero-order valence-electron chi connectivity index (χ0n) is 10.7. The smallest absolute Gasteiger partial charge is 0.292 e. The average molecular weight is 278 g/mol. The number of hydrogen-bond acceptors (Lipinski definition) is 5. The molecule has 106 valence electrons. The van der Waals surface area contributed by atoms with Gasteiger partial charge in [-0.3, -0.25) is 19.7 Å². The van der Waals surface area contributed by atoms with E-state index in [-0.39, 0.29) is 29.4 Å². The van der Waals surface area contributed by atoms with E-state index in [2.05, 4.69) is 5.32 Å². The van der Waals surface area contributed by atoms with Gasteiger partial charge in [-0.1, -0.05) is 6.07 Å². The van der Waals surface area contributed by atoms with E-state index in [1.807, 2.05) is 0 Å². The number of nitro groups is 1. The second-order valence-corrected chi connectivity index (χ2v) is 4.43. The molecule has 1 heterocycles. The van der Waals surface area contributed by atoms with Gasteiger partial charge in [0.05, 0.1) is 17.0 Å². The van der Waals surface area contributed by atoms with Gasteiger partial charge in [0, 0.05) is 19.2 Å². The van der Waals surface area contributed by atoms with Crippen LogP contribution in [0.2, 0.25) is 0 Å². The number of amides is 2. The number of carbonyl (C=O) groups is 2. The number of nitrogens with two attached hydrogens (primary N) is 1. The monoisotopic (exact) mass is 278 g/mol. The number of para-hydroxylation sites is 1. The highest BCUT2D eigenvalue weighted by Crippen LogP contribution is 2.26. The Balaban J connectivity index is 2.31. The number of nitrogens with one attached hydrogen (secondary N) is 1. The van der Waals surface area contributed by atoms with Gasteiger partial charge in [0.1, 0.15) is 5.69 Å². The molecule has 8 heteroatoms. The van der Waals surface area contributed by atoms with Crippen LogP contribution in [0, 0.1) is 10.1 Å². The van der Waals surface area contributed by atoms with Crippen molar-refractivity contribution in [3.63, 3.8) is 0 Å². The van der Waals surface area contributed by atoms with Gasteiger partial charge >= 0.3 is 0 Å². The Morgan fingerprint density at radius 2 is 2.20 bits per heavy atom. The number of hydrogen-bond donors (Lipinski definition) is 2. The molecule has 20 heavy (non-hydrogen) atoms. The topological polar surface area (TPSA) is 119 Å². The molecule has 0 saturated carbocycles. The summed E-state index contributed by atoms with van der Waals surface area (Å²) in [4.78, 5) is 35.3. The summed E-state index contributed by atoms with van der Waals surface area (Å²) >= 11 is 0. The van der Waals surface area contributed by atoms with E-state index in [0.29, 0.717) is 19.5 Å². The van der Waals surface area contributed by atoms with Gasteiger partial charge in [0.2, 0.25) is 5.91 Å². The molecule has 0 unspecified atom stereocenters. The number of carbonyl (C=O) groups excluding carboxylic acids is 2. The van der Waals surface area contributed by atoms with E-state index in [0.717, 1.165) is 0 Å². The van der Waals surface area contributed by atoms with Gasteiger partial charge in [-0.2, -0.15) is 0 Å². The maximum absolute atomic E-state index is 12.3. The number of anilines is 1. The molecule has 1 aromatic carbocycles. The minimum absolute atomic E-state index is 0.0499. The Bertz CT molecular complexity index is 573. The second-order valence-electron chi connectivity index (χ2n) is 4.43. The lowest BCUT2D eigenvalue weighted by Gasteiger charge is -2.19. The fourth-order valence-electron chi connectivity index (χ4n) is 2.05. The molecule has 3 N–H and O–H groups in total. The summed E-state index contributed by atoms with van der Waals surface area (Å²) < 4.78 is 0. The molecule has 2 rings (SSSR count). The molecule has 0 atom stereocenters. The fourth-order valence-corrected chi connectivity index (χ4v) is 2.05. The largest absolute Gasteiger partial charge is 0.393 e. The van der Waals surface area contributed by atoms with Gasteiger partial charge in [-0.15, -0.1) is 0 Å². The Morgan fingerprint density at radius 3 is 2.90 bits per heavy atom. The number of nitro benzene ring substituents is 1. The van der Waals surface area contributed by atoms with E-state index in [9.17, 15) is 19.7 Å². The first kappa shape index (κ1) is 13.8. The van der Waals surface area contributed by atoms with Crippen molar-refractivity contribution in [1.82, 2.24) is 10.2 Å². The molecule has 1 fully saturated rings. The van der Waals surface area contributed by atoms with Crippen molar-refractivity contribution in [3.05, 3.63) is 33.9 Å². The molecule has 0 spiro atoms. The average Bonchev–Trinajstić information content (AvgIpc) is 2.62. The van der Waals surface area contributed by atoms with Crippen LogP contribution >= 0.6 is 0 Å². The summed E-state index contributed by atoms with van der Waals surface area (Å²) in [6.45, 7) is 0.841. The number of nitrogens with zero attached hydrogens (tertiary/aromatic N) is 2. The normalized spacial score (nSPS) is 15.4. The molecule has 1 saturated heterocycles. The number of benzene rings is 1. The molecule has 0 aromatic heterocycles. The SMILES string of the molecule is Nc1c(C(=O)N2CCCNC(=O)C2)cccc1[N+](=O)[O-]. The van der Waals surface area contributed by atoms with Crippen molar-refractivity contribution in [1.29, 1.82) is 0 Å². The molecule has 1 aromatic rings. The Hall–Kier alpha value is -2.64. The summed E-state index contributed by atoms with van der Waals surface area (Å²) in [7, 11) is 0. The standard InChI is InChI=1S/C12H14N4O4/c13-11-8(3-1-4-9(11)16(19)20)12(18)15-6-2-5-14-10(17)7-15/h1,3-4H,2,5-7,13H2,(H,14,17). The third-order valence-electron chi connectivity index (χ3n) is 3.06. The highest BCUT2D eigenvalue weighted by molar-refractivity contribution is 6.02. The molecule has 2 amide bonds. The molecule has 0 aliphatic carbocycles. The van der Waals surface area contributed by atoms with Crippen LogP contribution in [0.1, 0.15) is 16.8 Å². The summed E-state index contributed by atoms with van der Waals surface area (Å²) in [5, 5.41) is 13.5. The second kappa shape index (κ2) is 5.55. The molecular weight excluding hydrogens is 264 g/mol. The maximum Gasteiger partial charge on any atom is 0.292 e. The van der Waals surface area contributed by atoms with Crippen LogP contribution in [0.4, 0.5) is 11.4 Å². The van der Waals surface area contributed by atoms with Crippen molar-refractivity contribution in [2.45, 2.75) is 6.42 Å². The summed E-state index contributed by atoms with van der Waals surface area (Å²) in [6.07, 6.45) is 0.631. The first-order chi connectivity index (χ1) is 9.50. The molecule has 1 aliphatic rings. The predicted molar refractivity (Wildman–Crippen MR) is 71.0 cm³/mol. The van der Waals surface area contributed by atoms with Gasteiger partial charge < -0.3 is 16.0 Å². The zero-order valence-corrected chi connectivity index (χ0v) is 10.7. The van der Waals surface area contributed by atoms with Crippen LogP contribution in [0.5, 0.6) is 0 Å². The lowest BCUT2D eigenvalue weighted by atomic mass is 10.1. The van der Waals surface area contributed by atoms with Gasteiger partial charge in [0.25, 0.3) is 11.6 Å². The summed E-state index contributed by atoms with van der Waals surface area (Å²) in [5.74, 6) is -0.719. The van der Waals surface area contributed by atoms with Crippen LogP contribution < -0.4 is 11.1 Å². The molecule has 0 bridgehead atoms. The highest BCUT2D eigenvalue weighted by atomic mass is 16.6. The van der Waals surface area contributed by atoms with Crippen LogP contribution in [0.3, 0.4) is 0 Å². The first-order valence-corrected chi connectivity index (χ1v) is 6.09. The van der Waals surface area contributed by atoms with E-state index >= 15 is 0 Å². The molecule has 8 nitrogen and oxygen atoms in total. The van der Waals surface area contributed by atoms with Crippen LogP contribution in [0.25, 0.3) is 0 Å². The van der Waals surface area contributed by atoms with Crippen LogP contribution in [-0.4, -0.2) is 41.3 Å². The Morgan fingerprint density at radius 1 is 1.45 bits per heavy atom. The van der Waals surface area contributed by atoms with Crippen molar-refractivity contribution in [3.8, 4) is 0 Å². The van der Waals surface area contributed by atoms with E-state index in [1.165, 1.54) is 23.1 Å². The summed E-state index contributed by atoms with van der Waals surface area (Å²) in [5.41, 5.74) is 5.24. The number of rotatable bonds is 2. The number of nitrogen functional groups attached to an aromatic ring is 1. The summed E-state index contributed by atoms with van der Waals surface area (Å²) in [6, 6.07) is 4.06. The third-order valence-corrected chi connectivity index (χ3v) is 3.06. The molecule has 0 radical (unpaired) electrons. The van der Waals surface area contributed by atoms with Crippen LogP contribution in [0.15, 0.2) is 18.2 Å². The lowest BCUT2D eigenvalue weighted by molar-refractivity contribution is -0.383. The van der Waals surface area contributed by atoms with Gasteiger partial charge in [-0.05, 0) is 12.5 Å². The Kier molecular flexibility index (Phi) is 3.83. The van der Waals surface area contributed by atoms with E-state index < -0.39 is 10.8 Å². The quantitative estimate of drug-likeness (QED) is 0.453. The Labute approximate surface area is 114 Å². The maximum atomic E-state index is 12.3. The van der Waals surface area contributed by atoms with Crippen molar-refractivity contribution in [2.75, 3.05) is 25.4 Å². The van der Waals surface area contributed by atoms with Crippen LogP contribution in [-0.2, 0) is 4.79 Å². The van der Waals surface area contributed by atoms with E-state index in [4.69, 9.17) is 5.73 Å². The highest BCUT2D eigenvalue weighted by Gasteiger charge is 2.25. The molecule has 1 aliphatic heterocycles.